The van der Waals surface area contributed by atoms with Gasteiger partial charge in [-0.2, -0.15) is 0 Å². The van der Waals surface area contributed by atoms with Crippen LogP contribution in [0, 0.1) is 6.92 Å². The van der Waals surface area contributed by atoms with E-state index in [2.05, 4.69) is 21.1 Å². The van der Waals surface area contributed by atoms with E-state index >= 15 is 0 Å². The zero-order chi connectivity index (χ0) is 11.7. The predicted molar refractivity (Wildman–Crippen MR) is 64.3 cm³/mol. The molecule has 0 bridgehead atoms. The van der Waals surface area contributed by atoms with Crippen LogP contribution >= 0.6 is 0 Å². The molecule has 0 aromatic carbocycles. The molecule has 1 aromatic rings. The van der Waals surface area contributed by atoms with Gasteiger partial charge in [-0.15, -0.1) is 0 Å². The van der Waals surface area contributed by atoms with Crippen LogP contribution in [0.25, 0.3) is 0 Å². The van der Waals surface area contributed by atoms with Crippen LogP contribution in [0.4, 0.5) is 5.95 Å². The highest BCUT2D eigenvalue weighted by atomic mass is 16.6. The molecule has 1 unspecified atom stereocenters. The van der Waals surface area contributed by atoms with E-state index in [0.29, 0.717) is 25.9 Å². The summed E-state index contributed by atoms with van der Waals surface area (Å²) in [5.74, 6) is 0.971. The first-order valence-electron chi connectivity index (χ1n) is 6.31. The monoisotopic (exact) mass is 237 g/mol. The van der Waals surface area contributed by atoms with Gasteiger partial charge in [0.1, 0.15) is 0 Å². The number of hydrogen-bond acceptors (Lipinski definition) is 4. The Bertz CT molecular complexity index is 381. The average molecular weight is 237 g/mol. The molecule has 1 atom stereocenters. The zero-order valence-electron chi connectivity index (χ0n) is 10.2. The van der Waals surface area contributed by atoms with Gasteiger partial charge in [0.15, 0.2) is 0 Å². The van der Waals surface area contributed by atoms with Gasteiger partial charge < -0.3 is 19.4 Å². The lowest BCUT2D eigenvalue weighted by Gasteiger charge is -2.23. The van der Waals surface area contributed by atoms with Gasteiger partial charge in [0, 0.05) is 18.8 Å². The number of anilines is 1. The third-order valence-corrected chi connectivity index (χ3v) is 3.17. The van der Waals surface area contributed by atoms with Gasteiger partial charge in [-0.25, -0.2) is 4.98 Å². The van der Waals surface area contributed by atoms with Crippen molar-refractivity contribution in [3.63, 3.8) is 0 Å². The van der Waals surface area contributed by atoms with E-state index in [9.17, 15) is 0 Å². The predicted octanol–water partition coefficient (Wildman–Crippen LogP) is 1.35. The van der Waals surface area contributed by atoms with Crippen LogP contribution in [-0.4, -0.2) is 42.0 Å². The molecule has 17 heavy (non-hydrogen) atoms. The molecule has 2 heterocycles. The molecule has 0 spiro atoms. The minimum Gasteiger partial charge on any atom is -0.376 e. The fourth-order valence-electron chi connectivity index (χ4n) is 2.14. The third-order valence-electron chi connectivity index (χ3n) is 3.17. The van der Waals surface area contributed by atoms with Crippen LogP contribution in [0.3, 0.4) is 0 Å². The smallest absolute Gasteiger partial charge is 0.203 e. The second-order valence-electron chi connectivity index (χ2n) is 4.79. The van der Waals surface area contributed by atoms with Crippen LogP contribution in [-0.2, 0) is 9.47 Å². The molecule has 1 aliphatic heterocycles. The molecule has 2 aliphatic rings. The van der Waals surface area contributed by atoms with E-state index in [0.717, 1.165) is 18.2 Å². The number of hydrogen-bond donors (Lipinski definition) is 1. The van der Waals surface area contributed by atoms with Gasteiger partial charge >= 0.3 is 0 Å². The molecule has 0 amide bonds. The molecule has 3 rings (SSSR count). The summed E-state index contributed by atoms with van der Waals surface area (Å²) in [4.78, 5) is 4.51. The number of rotatable bonds is 4. The lowest BCUT2D eigenvalue weighted by molar-refractivity contribution is -0.0819. The topological polar surface area (TPSA) is 48.3 Å². The maximum atomic E-state index is 5.60. The van der Waals surface area contributed by atoms with Gasteiger partial charge in [-0.3, -0.25) is 0 Å². The largest absolute Gasteiger partial charge is 0.376 e. The Hall–Kier alpha value is -1.07. The van der Waals surface area contributed by atoms with Gasteiger partial charge in [0.2, 0.25) is 5.95 Å². The third kappa shape index (κ3) is 2.61. The first-order valence-corrected chi connectivity index (χ1v) is 6.31. The van der Waals surface area contributed by atoms with Crippen molar-refractivity contribution >= 4 is 5.95 Å². The quantitative estimate of drug-likeness (QED) is 0.859. The molecular formula is C12H19N3O2. The highest BCUT2D eigenvalue weighted by Crippen LogP contribution is 2.37. The van der Waals surface area contributed by atoms with E-state index in [1.165, 1.54) is 12.8 Å². The van der Waals surface area contributed by atoms with Crippen molar-refractivity contribution < 1.29 is 9.47 Å². The lowest BCUT2D eigenvalue weighted by atomic mass is 10.3. The number of ether oxygens (including phenoxy) is 2. The molecule has 5 heteroatoms. The van der Waals surface area contributed by atoms with Crippen molar-refractivity contribution in [3.8, 4) is 0 Å². The zero-order valence-corrected chi connectivity index (χ0v) is 10.2. The maximum absolute atomic E-state index is 5.60. The van der Waals surface area contributed by atoms with Gasteiger partial charge in [-0.05, 0) is 19.8 Å². The van der Waals surface area contributed by atoms with Gasteiger partial charge in [0.25, 0.3) is 0 Å². The maximum Gasteiger partial charge on any atom is 0.203 e. The normalized spacial score (nSPS) is 24.9. The minimum absolute atomic E-state index is 0.147. The SMILES string of the molecule is Cc1cn(C2CC2)c(NCC2COCCO2)n1. The molecule has 1 aliphatic carbocycles. The van der Waals surface area contributed by atoms with E-state index in [1.54, 1.807) is 0 Å². The minimum atomic E-state index is 0.147. The van der Waals surface area contributed by atoms with Crippen molar-refractivity contribution in [1.29, 1.82) is 0 Å². The number of nitrogens with one attached hydrogen (secondary N) is 1. The standard InChI is InChI=1S/C12H19N3O2/c1-9-7-15(10-2-3-10)12(14-9)13-6-11-8-16-4-5-17-11/h7,10-11H,2-6,8H2,1H3,(H,13,14). The summed E-state index contributed by atoms with van der Waals surface area (Å²) >= 11 is 0. The Kier molecular flexibility index (Phi) is 3.03. The first kappa shape index (κ1) is 11.0. The van der Waals surface area contributed by atoms with E-state index < -0.39 is 0 Å². The summed E-state index contributed by atoms with van der Waals surface area (Å²) in [7, 11) is 0. The van der Waals surface area contributed by atoms with Crippen LogP contribution in [0.15, 0.2) is 6.20 Å². The molecule has 1 saturated heterocycles. The van der Waals surface area contributed by atoms with Gasteiger partial charge in [-0.1, -0.05) is 0 Å². The Morgan fingerprint density at radius 1 is 1.47 bits per heavy atom. The number of aryl methyl sites for hydroxylation is 1. The Morgan fingerprint density at radius 3 is 3.06 bits per heavy atom. The van der Waals surface area contributed by atoms with Crippen molar-refractivity contribution in [2.24, 2.45) is 0 Å². The number of aromatic nitrogens is 2. The summed E-state index contributed by atoms with van der Waals surface area (Å²) in [6.07, 6.45) is 4.81. The molecule has 1 N–H and O–H groups in total. The molecule has 5 nitrogen and oxygen atoms in total. The molecule has 94 valence electrons. The fraction of sp³-hybridized carbons (Fsp3) is 0.750. The van der Waals surface area contributed by atoms with Crippen LogP contribution in [0.2, 0.25) is 0 Å². The number of nitrogens with zero attached hydrogens (tertiary/aromatic N) is 2. The second kappa shape index (κ2) is 4.66. The van der Waals surface area contributed by atoms with Crippen molar-refractivity contribution in [1.82, 2.24) is 9.55 Å². The van der Waals surface area contributed by atoms with Crippen molar-refractivity contribution in [2.75, 3.05) is 31.7 Å². The fourth-order valence-corrected chi connectivity index (χ4v) is 2.14. The average Bonchev–Trinajstić information content (AvgIpc) is 3.12. The summed E-state index contributed by atoms with van der Waals surface area (Å²) in [6.45, 7) is 4.89. The molecular weight excluding hydrogens is 218 g/mol. The molecule has 1 saturated carbocycles. The Labute approximate surface area is 101 Å². The van der Waals surface area contributed by atoms with Gasteiger partial charge in [0.05, 0.1) is 31.6 Å². The van der Waals surface area contributed by atoms with Crippen molar-refractivity contribution in [2.45, 2.75) is 31.9 Å². The highest BCUT2D eigenvalue weighted by molar-refractivity contribution is 5.30. The summed E-state index contributed by atoms with van der Waals surface area (Å²) in [5.41, 5.74) is 1.07. The Morgan fingerprint density at radius 2 is 2.35 bits per heavy atom. The molecule has 0 radical (unpaired) electrons. The van der Waals surface area contributed by atoms with Crippen molar-refractivity contribution in [3.05, 3.63) is 11.9 Å². The molecule has 1 aromatic heterocycles. The highest BCUT2D eigenvalue weighted by Gasteiger charge is 2.26. The first-order chi connectivity index (χ1) is 8.33. The summed E-state index contributed by atoms with van der Waals surface area (Å²) < 4.78 is 13.2. The van der Waals surface area contributed by atoms with E-state index in [-0.39, 0.29) is 6.10 Å². The van der Waals surface area contributed by atoms with Crippen LogP contribution in [0.5, 0.6) is 0 Å². The molecule has 2 fully saturated rings. The summed E-state index contributed by atoms with van der Waals surface area (Å²) in [6, 6.07) is 0.655. The Balaban J connectivity index is 1.59. The van der Waals surface area contributed by atoms with E-state index in [4.69, 9.17) is 9.47 Å². The van der Waals surface area contributed by atoms with E-state index in [1.807, 2.05) is 6.92 Å². The summed E-state index contributed by atoms with van der Waals surface area (Å²) in [5, 5.41) is 3.37. The van der Waals surface area contributed by atoms with Crippen LogP contribution in [0.1, 0.15) is 24.6 Å². The van der Waals surface area contributed by atoms with Crippen LogP contribution < -0.4 is 5.32 Å². The lowest BCUT2D eigenvalue weighted by Crippen LogP contribution is -2.34. The second-order valence-corrected chi connectivity index (χ2v) is 4.79. The number of imidazole rings is 1.